The van der Waals surface area contributed by atoms with Crippen LogP contribution in [0.2, 0.25) is 0 Å². The molecule has 1 unspecified atom stereocenters. The van der Waals surface area contributed by atoms with Gasteiger partial charge in [0.05, 0.1) is 15.6 Å². The molecule has 0 spiro atoms. The van der Waals surface area contributed by atoms with Crippen LogP contribution >= 0.6 is 11.3 Å². The molecule has 1 aliphatic rings. The summed E-state index contributed by atoms with van der Waals surface area (Å²) < 4.78 is 0. The van der Waals surface area contributed by atoms with E-state index in [1.54, 1.807) is 18.3 Å². The van der Waals surface area contributed by atoms with Crippen LogP contribution in [0.15, 0.2) is 24.3 Å². The molecule has 98 valence electrons. The Kier molecular flexibility index (Phi) is 3.23. The molecule has 1 heterocycles. The second-order valence-electron chi connectivity index (χ2n) is 5.23. The van der Waals surface area contributed by atoms with Crippen molar-refractivity contribution in [3.05, 3.63) is 51.0 Å². The summed E-state index contributed by atoms with van der Waals surface area (Å²) in [5.74, 6) is 0.615. The number of ketones is 1. The van der Waals surface area contributed by atoms with Crippen molar-refractivity contribution < 1.29 is 4.79 Å². The Morgan fingerprint density at radius 1 is 1.32 bits per heavy atom. The number of hydrogen-bond donors (Lipinski definition) is 0. The fraction of sp³-hybridized carbons (Fsp3) is 0.375. The summed E-state index contributed by atoms with van der Waals surface area (Å²) in [7, 11) is 0. The molecule has 0 aliphatic heterocycles. The van der Waals surface area contributed by atoms with E-state index < -0.39 is 0 Å². The summed E-state index contributed by atoms with van der Waals surface area (Å²) in [6, 6.07) is 8.66. The number of fused-ring (bicyclic) bond motifs is 1. The lowest BCUT2D eigenvalue weighted by atomic mass is 9.84. The minimum Gasteiger partial charge on any atom is -0.294 e. The second-order valence-corrected chi connectivity index (χ2v) is 6.26. The summed E-state index contributed by atoms with van der Waals surface area (Å²) in [6.07, 6.45) is 3.32. The molecule has 2 nitrogen and oxygen atoms in total. The highest BCUT2D eigenvalue weighted by Crippen LogP contribution is 2.35. The van der Waals surface area contributed by atoms with Crippen LogP contribution in [0.25, 0.3) is 0 Å². The van der Waals surface area contributed by atoms with Gasteiger partial charge in [0.2, 0.25) is 0 Å². The smallest absolute Gasteiger partial charge is 0.171 e. The second kappa shape index (κ2) is 4.89. The molecule has 0 N–H and O–H groups in total. The molecule has 0 radical (unpaired) electrons. The molecule has 0 amide bonds. The molecular formula is C16H17NOS. The predicted octanol–water partition coefficient (Wildman–Crippen LogP) is 3.93. The first-order chi connectivity index (χ1) is 9.15. The van der Waals surface area contributed by atoms with Crippen molar-refractivity contribution >= 4 is 17.1 Å². The van der Waals surface area contributed by atoms with Crippen LogP contribution in [-0.4, -0.2) is 10.8 Å². The molecule has 3 rings (SSSR count). The van der Waals surface area contributed by atoms with E-state index in [4.69, 9.17) is 0 Å². The van der Waals surface area contributed by atoms with Gasteiger partial charge in [-0.15, -0.1) is 11.3 Å². The van der Waals surface area contributed by atoms with E-state index in [-0.39, 0.29) is 5.78 Å². The molecule has 19 heavy (non-hydrogen) atoms. The van der Waals surface area contributed by atoms with Gasteiger partial charge in [0.1, 0.15) is 0 Å². The molecule has 1 aromatic carbocycles. The van der Waals surface area contributed by atoms with Gasteiger partial charge in [-0.2, -0.15) is 0 Å². The maximum absolute atomic E-state index is 11.5. The minimum absolute atomic E-state index is 0.137. The summed E-state index contributed by atoms with van der Waals surface area (Å²) >= 11 is 1.59. The van der Waals surface area contributed by atoms with Crippen LogP contribution in [0.1, 0.15) is 50.8 Å². The molecule has 1 atom stereocenters. The largest absolute Gasteiger partial charge is 0.294 e. The van der Waals surface area contributed by atoms with Crippen molar-refractivity contribution in [2.45, 2.75) is 39.0 Å². The number of nitrogens with zero attached hydrogens (tertiary/aromatic N) is 1. The Balaban J connectivity index is 1.89. The first kappa shape index (κ1) is 12.5. The van der Waals surface area contributed by atoms with E-state index >= 15 is 0 Å². The van der Waals surface area contributed by atoms with Gasteiger partial charge in [0.15, 0.2) is 5.78 Å². The minimum atomic E-state index is 0.137. The highest BCUT2D eigenvalue weighted by atomic mass is 32.1. The molecule has 0 fully saturated rings. The van der Waals surface area contributed by atoms with Gasteiger partial charge in [-0.05, 0) is 37.3 Å². The molecule has 1 aliphatic carbocycles. The zero-order valence-corrected chi connectivity index (χ0v) is 12.1. The van der Waals surface area contributed by atoms with E-state index in [2.05, 4.69) is 29.2 Å². The number of carbonyl (C=O) groups excluding carboxylic acids is 1. The van der Waals surface area contributed by atoms with E-state index in [0.29, 0.717) is 5.92 Å². The van der Waals surface area contributed by atoms with Crippen molar-refractivity contribution in [1.29, 1.82) is 0 Å². The zero-order valence-electron chi connectivity index (χ0n) is 11.3. The normalized spacial score (nSPS) is 18.1. The monoisotopic (exact) mass is 271 g/mol. The summed E-state index contributed by atoms with van der Waals surface area (Å²) in [5.41, 5.74) is 3.81. The Labute approximate surface area is 117 Å². The zero-order chi connectivity index (χ0) is 13.4. The van der Waals surface area contributed by atoms with E-state index in [9.17, 15) is 4.79 Å². The van der Waals surface area contributed by atoms with Crippen LogP contribution in [0.3, 0.4) is 0 Å². The molecule has 0 bridgehead atoms. The van der Waals surface area contributed by atoms with Crippen molar-refractivity contribution in [3.63, 3.8) is 0 Å². The fourth-order valence-corrected chi connectivity index (χ4v) is 3.92. The third kappa shape index (κ3) is 2.35. The Hall–Kier alpha value is -1.48. The number of hydrogen-bond acceptors (Lipinski definition) is 3. The average molecular weight is 271 g/mol. The van der Waals surface area contributed by atoms with Crippen molar-refractivity contribution in [1.82, 2.24) is 4.98 Å². The Morgan fingerprint density at radius 3 is 2.74 bits per heavy atom. The Morgan fingerprint density at radius 2 is 2.05 bits per heavy atom. The van der Waals surface area contributed by atoms with E-state index in [1.165, 1.54) is 11.1 Å². The maximum atomic E-state index is 11.5. The van der Waals surface area contributed by atoms with Crippen LogP contribution < -0.4 is 0 Å². The third-order valence-corrected chi connectivity index (χ3v) is 5.25. The lowest BCUT2D eigenvalue weighted by molar-refractivity contribution is 0.102. The third-order valence-electron chi connectivity index (χ3n) is 3.83. The van der Waals surface area contributed by atoms with Crippen LogP contribution in [0.4, 0.5) is 0 Å². The average Bonchev–Trinajstić information content (AvgIpc) is 2.80. The Bertz CT molecular complexity index is 629. The number of rotatable bonds is 2. The van der Waals surface area contributed by atoms with Gasteiger partial charge in [-0.3, -0.25) is 4.79 Å². The van der Waals surface area contributed by atoms with Gasteiger partial charge in [-0.25, -0.2) is 4.98 Å². The van der Waals surface area contributed by atoms with Gasteiger partial charge in [0, 0.05) is 12.8 Å². The van der Waals surface area contributed by atoms with Crippen LogP contribution in [0.5, 0.6) is 0 Å². The highest BCUT2D eigenvalue weighted by Gasteiger charge is 2.24. The molecule has 2 aromatic rings. The predicted molar refractivity (Wildman–Crippen MR) is 78.1 cm³/mol. The molecule has 1 aromatic heterocycles. The van der Waals surface area contributed by atoms with E-state index in [1.807, 2.05) is 6.92 Å². The molecule has 0 saturated carbocycles. The van der Waals surface area contributed by atoms with Crippen molar-refractivity contribution in [2.75, 3.05) is 0 Å². The SMILES string of the molecule is CC(=O)c1sc(C2CCc3ccccc3C2)nc1C. The van der Waals surface area contributed by atoms with Crippen LogP contribution in [-0.2, 0) is 12.8 Å². The first-order valence-corrected chi connectivity index (χ1v) is 7.52. The topological polar surface area (TPSA) is 30.0 Å². The lowest BCUT2D eigenvalue weighted by Crippen LogP contribution is -2.12. The van der Waals surface area contributed by atoms with E-state index in [0.717, 1.165) is 34.8 Å². The van der Waals surface area contributed by atoms with Gasteiger partial charge < -0.3 is 0 Å². The molecule has 3 heteroatoms. The highest BCUT2D eigenvalue weighted by molar-refractivity contribution is 7.13. The quantitative estimate of drug-likeness (QED) is 0.775. The fourth-order valence-electron chi connectivity index (χ4n) is 2.83. The summed E-state index contributed by atoms with van der Waals surface area (Å²) in [4.78, 5) is 17.0. The first-order valence-electron chi connectivity index (χ1n) is 6.70. The van der Waals surface area contributed by atoms with Crippen molar-refractivity contribution in [2.24, 2.45) is 0 Å². The number of thiazole rings is 1. The molecule has 0 saturated heterocycles. The van der Waals surface area contributed by atoms with Crippen LogP contribution in [0, 0.1) is 6.92 Å². The lowest BCUT2D eigenvalue weighted by Gasteiger charge is -2.22. The number of benzene rings is 1. The van der Waals surface area contributed by atoms with Gasteiger partial charge >= 0.3 is 0 Å². The maximum Gasteiger partial charge on any atom is 0.171 e. The van der Waals surface area contributed by atoms with Gasteiger partial charge in [-0.1, -0.05) is 24.3 Å². The summed E-state index contributed by atoms with van der Waals surface area (Å²) in [5, 5.41) is 1.14. The van der Waals surface area contributed by atoms with Crippen molar-refractivity contribution in [3.8, 4) is 0 Å². The standard InChI is InChI=1S/C16H17NOS/c1-10-15(11(2)18)19-16(17-10)14-8-7-12-5-3-4-6-13(12)9-14/h3-6,14H,7-9H2,1-2H3. The van der Waals surface area contributed by atoms with Gasteiger partial charge in [0.25, 0.3) is 0 Å². The summed E-state index contributed by atoms with van der Waals surface area (Å²) in [6.45, 7) is 3.56. The number of aromatic nitrogens is 1. The number of aryl methyl sites for hydroxylation is 2. The number of carbonyl (C=O) groups is 1. The molecular weight excluding hydrogens is 254 g/mol. The number of Topliss-reactive ketones (excluding diaryl/α,β-unsaturated/α-hetero) is 1.